The van der Waals surface area contributed by atoms with Crippen LogP contribution in [0.5, 0.6) is 0 Å². The fourth-order valence-electron chi connectivity index (χ4n) is 4.32. The molecule has 0 saturated carbocycles. The van der Waals surface area contributed by atoms with Crippen LogP contribution in [0.15, 0.2) is 72.8 Å². The summed E-state index contributed by atoms with van der Waals surface area (Å²) in [6.45, 7) is 10.0. The molecule has 0 bridgehead atoms. The van der Waals surface area contributed by atoms with Crippen molar-refractivity contribution in [1.29, 1.82) is 0 Å². The van der Waals surface area contributed by atoms with Gasteiger partial charge >= 0.3 is 0 Å². The van der Waals surface area contributed by atoms with Crippen LogP contribution in [0.25, 0.3) is 33.0 Å². The first-order valence-electron chi connectivity index (χ1n) is 15.1. The minimum Gasteiger partial charge on any atom is -0.379 e. The van der Waals surface area contributed by atoms with E-state index in [0.29, 0.717) is 26.4 Å². The van der Waals surface area contributed by atoms with Crippen LogP contribution < -0.4 is 0 Å². The number of ether oxygens (including phenoxy) is 4. The largest absolute Gasteiger partial charge is 0.379 e. The molecule has 4 rings (SSSR count). The molecule has 0 radical (unpaired) electrons. The van der Waals surface area contributed by atoms with E-state index in [1.807, 2.05) is 22.7 Å². The van der Waals surface area contributed by atoms with Crippen molar-refractivity contribution in [3.8, 4) is 20.9 Å². The van der Waals surface area contributed by atoms with Gasteiger partial charge in [-0.1, -0.05) is 74.5 Å². The second kappa shape index (κ2) is 18.9. The Morgan fingerprint density at radius 2 is 0.833 bits per heavy atom. The Kier molecular flexibility index (Phi) is 14.5. The molecular formula is C36H44O4S2. The van der Waals surface area contributed by atoms with Crippen molar-refractivity contribution in [1.82, 2.24) is 0 Å². The maximum atomic E-state index is 5.70. The van der Waals surface area contributed by atoms with Crippen LogP contribution in [0.1, 0.15) is 47.6 Å². The number of hydrogen-bond acceptors (Lipinski definition) is 6. The third-order valence-corrected chi connectivity index (χ3v) is 9.00. The molecule has 4 nitrogen and oxygen atoms in total. The maximum Gasteiger partial charge on any atom is 0.0700 e. The quantitative estimate of drug-likeness (QED) is 0.0744. The zero-order chi connectivity index (χ0) is 29.2. The zero-order valence-electron chi connectivity index (χ0n) is 25.0. The van der Waals surface area contributed by atoms with Crippen LogP contribution in [0, 0.1) is 0 Å². The van der Waals surface area contributed by atoms with Crippen molar-refractivity contribution in [2.24, 2.45) is 0 Å². The molecule has 0 saturated heterocycles. The molecule has 0 aliphatic rings. The van der Waals surface area contributed by atoms with Crippen LogP contribution >= 0.6 is 22.7 Å². The second-order valence-electron chi connectivity index (χ2n) is 10.1. The molecular weight excluding hydrogens is 561 g/mol. The molecule has 0 atom stereocenters. The zero-order valence-corrected chi connectivity index (χ0v) is 26.7. The van der Waals surface area contributed by atoms with Gasteiger partial charge in [-0.15, -0.1) is 22.7 Å². The first-order chi connectivity index (χ1) is 20.7. The average Bonchev–Trinajstić information content (AvgIpc) is 3.70. The van der Waals surface area contributed by atoms with Gasteiger partial charge in [0.25, 0.3) is 0 Å². The standard InChI is InChI=1S/C36H44O4S2/c1-3-21-37-25-27-39-23-19-33-15-17-35(41-33)31-11-7-29(8-12-31)5-6-30-9-13-32(14-10-30)36-18-16-34(42-36)20-24-40-28-26-38-22-4-2/h5-18H,3-4,19-28H2,1-2H3/b6-5+. The Balaban J connectivity index is 1.20. The highest BCUT2D eigenvalue weighted by atomic mass is 32.1. The van der Waals surface area contributed by atoms with E-state index in [1.54, 1.807) is 0 Å². The Hall–Kier alpha value is -2.58. The minimum absolute atomic E-state index is 0.666. The van der Waals surface area contributed by atoms with Gasteiger partial charge in [0.15, 0.2) is 0 Å². The SMILES string of the molecule is CCCOCCOCCc1ccc(-c2ccc(/C=C/c3ccc(-c4ccc(CCOCCOCCC)s4)cc3)cc2)s1. The minimum atomic E-state index is 0.666. The third-order valence-electron chi connectivity index (χ3n) is 6.61. The molecule has 6 heteroatoms. The van der Waals surface area contributed by atoms with Gasteiger partial charge in [0.1, 0.15) is 0 Å². The molecule has 0 N–H and O–H groups in total. The maximum absolute atomic E-state index is 5.70. The molecule has 0 aliphatic heterocycles. The summed E-state index contributed by atoms with van der Waals surface area (Å²) in [6.07, 6.45) is 8.34. The van der Waals surface area contributed by atoms with Gasteiger partial charge in [-0.3, -0.25) is 0 Å². The van der Waals surface area contributed by atoms with E-state index >= 15 is 0 Å². The van der Waals surface area contributed by atoms with Gasteiger partial charge in [0.2, 0.25) is 0 Å². The summed E-state index contributed by atoms with van der Waals surface area (Å²) in [5.41, 5.74) is 4.90. The van der Waals surface area contributed by atoms with E-state index in [1.165, 1.54) is 41.8 Å². The third kappa shape index (κ3) is 11.3. The normalized spacial score (nSPS) is 11.6. The highest BCUT2D eigenvalue weighted by molar-refractivity contribution is 7.15. The first-order valence-corrected chi connectivity index (χ1v) is 16.8. The van der Waals surface area contributed by atoms with E-state index in [0.717, 1.165) is 52.1 Å². The summed E-state index contributed by atoms with van der Waals surface area (Å²) in [5.74, 6) is 0. The summed E-state index contributed by atoms with van der Waals surface area (Å²) in [6, 6.07) is 26.4. The van der Waals surface area contributed by atoms with Crippen LogP contribution in [0.3, 0.4) is 0 Å². The fraction of sp³-hybridized carbons (Fsp3) is 0.389. The number of thiophene rings is 2. The highest BCUT2D eigenvalue weighted by Crippen LogP contribution is 2.30. The summed E-state index contributed by atoms with van der Waals surface area (Å²) in [5, 5.41) is 0. The van der Waals surface area contributed by atoms with E-state index in [2.05, 4.69) is 98.8 Å². The second-order valence-corrected chi connectivity index (χ2v) is 12.4. The van der Waals surface area contributed by atoms with Crippen LogP contribution in [0.4, 0.5) is 0 Å². The van der Waals surface area contributed by atoms with Crippen LogP contribution in [-0.2, 0) is 31.8 Å². The highest BCUT2D eigenvalue weighted by Gasteiger charge is 2.05. The molecule has 0 amide bonds. The van der Waals surface area contributed by atoms with Crippen molar-refractivity contribution in [3.63, 3.8) is 0 Å². The lowest BCUT2D eigenvalue weighted by atomic mass is 10.1. The molecule has 0 aliphatic carbocycles. The van der Waals surface area contributed by atoms with Gasteiger partial charge in [-0.2, -0.15) is 0 Å². The molecule has 2 aromatic carbocycles. The molecule has 0 fully saturated rings. The number of hydrogen-bond donors (Lipinski definition) is 0. The van der Waals surface area contributed by atoms with Gasteiger partial charge in [-0.25, -0.2) is 0 Å². The van der Waals surface area contributed by atoms with Crippen LogP contribution in [-0.4, -0.2) is 52.9 Å². The van der Waals surface area contributed by atoms with E-state index in [4.69, 9.17) is 18.9 Å². The monoisotopic (exact) mass is 604 g/mol. The molecule has 0 spiro atoms. The van der Waals surface area contributed by atoms with Gasteiger partial charge in [-0.05, 0) is 59.4 Å². The lowest BCUT2D eigenvalue weighted by Gasteiger charge is -2.04. The molecule has 224 valence electrons. The van der Waals surface area contributed by atoms with Crippen molar-refractivity contribution in [3.05, 3.63) is 93.7 Å². The Morgan fingerprint density at radius 3 is 1.21 bits per heavy atom. The molecule has 0 unspecified atom stereocenters. The van der Waals surface area contributed by atoms with E-state index < -0.39 is 0 Å². The first kappa shape index (κ1) is 32.3. The average molecular weight is 605 g/mol. The molecule has 2 heterocycles. The summed E-state index contributed by atoms with van der Waals surface area (Å²) in [4.78, 5) is 5.29. The molecule has 4 aromatic rings. The lowest BCUT2D eigenvalue weighted by molar-refractivity contribution is 0.0493. The van der Waals surface area contributed by atoms with Crippen molar-refractivity contribution >= 4 is 34.8 Å². The lowest BCUT2D eigenvalue weighted by Crippen LogP contribution is -2.06. The van der Waals surface area contributed by atoms with Crippen LogP contribution in [0.2, 0.25) is 0 Å². The Labute approximate surface area is 259 Å². The topological polar surface area (TPSA) is 36.9 Å². The fourth-order valence-corrected chi connectivity index (χ4v) is 6.31. The predicted molar refractivity (Wildman–Crippen MR) is 180 cm³/mol. The van der Waals surface area contributed by atoms with E-state index in [9.17, 15) is 0 Å². The summed E-state index contributed by atoms with van der Waals surface area (Å²) >= 11 is 3.69. The Morgan fingerprint density at radius 1 is 0.452 bits per heavy atom. The van der Waals surface area contributed by atoms with Gasteiger partial charge in [0.05, 0.1) is 39.6 Å². The Bertz CT molecular complexity index is 1200. The van der Waals surface area contributed by atoms with Crippen molar-refractivity contribution in [2.45, 2.75) is 39.5 Å². The smallest absolute Gasteiger partial charge is 0.0700 e. The molecule has 42 heavy (non-hydrogen) atoms. The summed E-state index contributed by atoms with van der Waals surface area (Å²) in [7, 11) is 0. The van der Waals surface area contributed by atoms with E-state index in [-0.39, 0.29) is 0 Å². The van der Waals surface area contributed by atoms with Crippen molar-refractivity contribution in [2.75, 3.05) is 52.9 Å². The predicted octanol–water partition coefficient (Wildman–Crippen LogP) is 9.29. The number of benzene rings is 2. The van der Waals surface area contributed by atoms with Gasteiger partial charge < -0.3 is 18.9 Å². The number of rotatable bonds is 20. The van der Waals surface area contributed by atoms with Crippen molar-refractivity contribution < 1.29 is 18.9 Å². The molecule has 2 aromatic heterocycles. The van der Waals surface area contributed by atoms with Gasteiger partial charge in [0, 0.05) is 45.6 Å². The summed E-state index contributed by atoms with van der Waals surface area (Å²) < 4.78 is 22.3.